The van der Waals surface area contributed by atoms with Crippen molar-refractivity contribution >= 4 is 5.91 Å². The smallest absolute Gasteiger partial charge is 0.254 e. The molecule has 0 N–H and O–H groups in total. The van der Waals surface area contributed by atoms with Gasteiger partial charge in [0.1, 0.15) is 0 Å². The number of amides is 1. The van der Waals surface area contributed by atoms with E-state index in [-0.39, 0.29) is 11.9 Å². The molecule has 1 unspecified atom stereocenters. The number of aryl methyl sites for hydroxylation is 1. The third-order valence-corrected chi connectivity index (χ3v) is 6.10. The monoisotopic (exact) mass is 425 g/mol. The van der Waals surface area contributed by atoms with Gasteiger partial charge < -0.3 is 23.8 Å². The van der Waals surface area contributed by atoms with Crippen LogP contribution in [0.15, 0.2) is 36.4 Å². The minimum Gasteiger partial charge on any atom is -0.493 e. The SMILES string of the molecule is COc1ccc(CCC2CCCCN2C(=O)c2ccc3c(c2)OCCCO3)cc1OC. The van der Waals surface area contributed by atoms with Gasteiger partial charge in [0.2, 0.25) is 0 Å². The van der Waals surface area contributed by atoms with Crippen LogP contribution in [0, 0.1) is 0 Å². The molecule has 6 heteroatoms. The number of methoxy groups -OCH3 is 2. The van der Waals surface area contributed by atoms with Crippen LogP contribution in [0.1, 0.15) is 48.0 Å². The summed E-state index contributed by atoms with van der Waals surface area (Å²) in [6.07, 6.45) is 5.89. The highest BCUT2D eigenvalue weighted by Gasteiger charge is 2.28. The average molecular weight is 426 g/mol. The molecule has 0 aromatic heterocycles. The van der Waals surface area contributed by atoms with Gasteiger partial charge in [-0.15, -0.1) is 0 Å². The fourth-order valence-corrected chi connectivity index (χ4v) is 4.40. The standard InChI is InChI=1S/C25H31NO5/c1-28-21-11-8-18(16-23(21)29-2)7-10-20-6-3-4-13-26(20)25(27)19-9-12-22-24(17-19)31-15-5-14-30-22/h8-9,11-12,16-17,20H,3-7,10,13-15H2,1-2H3. The summed E-state index contributed by atoms with van der Waals surface area (Å²) < 4.78 is 22.2. The number of carbonyl (C=O) groups is 1. The molecule has 6 nitrogen and oxygen atoms in total. The van der Waals surface area contributed by atoms with Crippen molar-refractivity contribution in [2.45, 2.75) is 44.6 Å². The Kier molecular flexibility index (Phi) is 6.85. The van der Waals surface area contributed by atoms with Gasteiger partial charge in [-0.1, -0.05) is 6.07 Å². The van der Waals surface area contributed by atoms with Crippen LogP contribution in [0.4, 0.5) is 0 Å². The van der Waals surface area contributed by atoms with Gasteiger partial charge in [0, 0.05) is 24.6 Å². The Hall–Kier alpha value is -2.89. The Morgan fingerprint density at radius 1 is 0.968 bits per heavy atom. The third kappa shape index (κ3) is 4.89. The molecule has 4 rings (SSSR count). The minimum absolute atomic E-state index is 0.0765. The van der Waals surface area contributed by atoms with Crippen molar-refractivity contribution in [1.82, 2.24) is 4.90 Å². The summed E-state index contributed by atoms with van der Waals surface area (Å²) >= 11 is 0. The van der Waals surface area contributed by atoms with Crippen LogP contribution in [0.5, 0.6) is 23.0 Å². The quantitative estimate of drug-likeness (QED) is 0.682. The van der Waals surface area contributed by atoms with Crippen LogP contribution in [-0.2, 0) is 6.42 Å². The molecule has 0 saturated carbocycles. The molecule has 2 aromatic rings. The van der Waals surface area contributed by atoms with Crippen molar-refractivity contribution in [3.05, 3.63) is 47.5 Å². The first-order valence-corrected chi connectivity index (χ1v) is 11.1. The summed E-state index contributed by atoms with van der Waals surface area (Å²) in [5, 5.41) is 0. The zero-order valence-electron chi connectivity index (χ0n) is 18.4. The van der Waals surface area contributed by atoms with Crippen molar-refractivity contribution in [2.75, 3.05) is 34.0 Å². The Bertz CT molecular complexity index is 913. The highest BCUT2D eigenvalue weighted by atomic mass is 16.5. The van der Waals surface area contributed by atoms with Crippen molar-refractivity contribution in [2.24, 2.45) is 0 Å². The van der Waals surface area contributed by atoms with Crippen molar-refractivity contribution in [3.8, 4) is 23.0 Å². The van der Waals surface area contributed by atoms with Crippen molar-refractivity contribution in [3.63, 3.8) is 0 Å². The maximum Gasteiger partial charge on any atom is 0.254 e. The Balaban J connectivity index is 1.46. The molecule has 1 amide bonds. The summed E-state index contributed by atoms with van der Waals surface area (Å²) in [5.74, 6) is 2.94. The summed E-state index contributed by atoms with van der Waals surface area (Å²) in [4.78, 5) is 15.4. The number of hydrogen-bond donors (Lipinski definition) is 0. The second kappa shape index (κ2) is 9.94. The highest BCUT2D eigenvalue weighted by molar-refractivity contribution is 5.95. The number of piperidine rings is 1. The Morgan fingerprint density at radius 3 is 2.58 bits per heavy atom. The molecule has 31 heavy (non-hydrogen) atoms. The molecule has 2 heterocycles. The van der Waals surface area contributed by atoms with Gasteiger partial charge in [0.25, 0.3) is 5.91 Å². The molecule has 1 fully saturated rings. The average Bonchev–Trinajstić information content (AvgIpc) is 3.07. The van der Waals surface area contributed by atoms with E-state index in [0.717, 1.165) is 62.3 Å². The first-order valence-electron chi connectivity index (χ1n) is 11.1. The van der Waals surface area contributed by atoms with E-state index in [4.69, 9.17) is 18.9 Å². The van der Waals surface area contributed by atoms with Gasteiger partial charge in [-0.2, -0.15) is 0 Å². The molecule has 0 spiro atoms. The first kappa shape index (κ1) is 21.3. The van der Waals surface area contributed by atoms with Crippen LogP contribution in [0.25, 0.3) is 0 Å². The summed E-state index contributed by atoms with van der Waals surface area (Å²) in [7, 11) is 3.29. The van der Waals surface area contributed by atoms with Crippen LogP contribution >= 0.6 is 0 Å². The molecular weight excluding hydrogens is 394 g/mol. The highest BCUT2D eigenvalue weighted by Crippen LogP contribution is 2.33. The maximum atomic E-state index is 13.4. The fourth-order valence-electron chi connectivity index (χ4n) is 4.40. The zero-order valence-corrected chi connectivity index (χ0v) is 18.4. The number of rotatable bonds is 6. The van der Waals surface area contributed by atoms with Crippen molar-refractivity contribution < 1.29 is 23.7 Å². The molecule has 0 radical (unpaired) electrons. The van der Waals surface area contributed by atoms with Gasteiger partial charge in [0.05, 0.1) is 27.4 Å². The van der Waals surface area contributed by atoms with Crippen LogP contribution in [0.3, 0.4) is 0 Å². The normalized spacial score (nSPS) is 18.3. The molecule has 0 bridgehead atoms. The number of ether oxygens (including phenoxy) is 4. The van der Waals surface area contributed by atoms with Crippen LogP contribution in [0.2, 0.25) is 0 Å². The Morgan fingerprint density at radius 2 is 1.77 bits per heavy atom. The van der Waals surface area contributed by atoms with Crippen LogP contribution in [-0.4, -0.2) is 50.8 Å². The van der Waals surface area contributed by atoms with E-state index in [2.05, 4.69) is 6.07 Å². The number of hydrogen-bond acceptors (Lipinski definition) is 5. The molecule has 2 aromatic carbocycles. The molecule has 1 atom stereocenters. The third-order valence-electron chi connectivity index (χ3n) is 6.10. The number of carbonyl (C=O) groups excluding carboxylic acids is 1. The van der Waals surface area contributed by atoms with Crippen molar-refractivity contribution in [1.29, 1.82) is 0 Å². The summed E-state index contributed by atoms with van der Waals surface area (Å²) in [5.41, 5.74) is 1.86. The molecule has 2 aliphatic rings. The van der Waals surface area contributed by atoms with Gasteiger partial charge in [-0.3, -0.25) is 4.79 Å². The molecule has 0 aliphatic carbocycles. The predicted octanol–water partition coefficient (Wildman–Crippen LogP) is 4.49. The lowest BCUT2D eigenvalue weighted by Crippen LogP contribution is -2.44. The van der Waals surface area contributed by atoms with E-state index < -0.39 is 0 Å². The topological polar surface area (TPSA) is 57.2 Å². The number of fused-ring (bicyclic) bond motifs is 1. The van der Waals surface area contributed by atoms with E-state index in [9.17, 15) is 4.79 Å². The first-order chi connectivity index (χ1) is 15.2. The molecule has 1 saturated heterocycles. The van der Waals surface area contributed by atoms with E-state index >= 15 is 0 Å². The van der Waals surface area contributed by atoms with E-state index in [0.29, 0.717) is 24.5 Å². The second-order valence-corrected chi connectivity index (χ2v) is 8.09. The second-order valence-electron chi connectivity index (χ2n) is 8.09. The summed E-state index contributed by atoms with van der Waals surface area (Å²) in [6, 6.07) is 11.8. The Labute approximate surface area is 184 Å². The predicted molar refractivity (Wildman–Crippen MR) is 119 cm³/mol. The summed E-state index contributed by atoms with van der Waals surface area (Å²) in [6.45, 7) is 2.05. The fraction of sp³-hybridized carbons (Fsp3) is 0.480. The minimum atomic E-state index is 0.0765. The molecule has 166 valence electrons. The lowest BCUT2D eigenvalue weighted by atomic mass is 9.95. The number of nitrogens with zero attached hydrogens (tertiary/aromatic N) is 1. The zero-order chi connectivity index (χ0) is 21.6. The molecular formula is C25H31NO5. The van der Waals surface area contributed by atoms with Gasteiger partial charge in [-0.25, -0.2) is 0 Å². The number of benzene rings is 2. The maximum absolute atomic E-state index is 13.4. The van der Waals surface area contributed by atoms with E-state index in [1.165, 1.54) is 5.56 Å². The van der Waals surface area contributed by atoms with E-state index in [1.807, 2.05) is 35.2 Å². The largest absolute Gasteiger partial charge is 0.493 e. The molecule has 2 aliphatic heterocycles. The lowest BCUT2D eigenvalue weighted by Gasteiger charge is -2.36. The lowest BCUT2D eigenvalue weighted by molar-refractivity contribution is 0.0601. The van der Waals surface area contributed by atoms with Gasteiger partial charge in [-0.05, 0) is 68.0 Å². The van der Waals surface area contributed by atoms with Gasteiger partial charge in [0.15, 0.2) is 23.0 Å². The van der Waals surface area contributed by atoms with Crippen LogP contribution < -0.4 is 18.9 Å². The number of likely N-dealkylation sites (tertiary alicyclic amines) is 1. The van der Waals surface area contributed by atoms with E-state index in [1.54, 1.807) is 14.2 Å². The van der Waals surface area contributed by atoms with Gasteiger partial charge >= 0.3 is 0 Å².